The normalized spacial score (nSPS) is 12.5. The van der Waals surface area contributed by atoms with Gasteiger partial charge in [-0.25, -0.2) is 4.79 Å². The molecule has 5 heteroatoms. The van der Waals surface area contributed by atoms with Crippen LogP contribution in [0.25, 0.3) is 0 Å². The van der Waals surface area contributed by atoms with Crippen LogP contribution in [-0.4, -0.2) is 30.2 Å². The van der Waals surface area contributed by atoms with Gasteiger partial charge in [0.1, 0.15) is 0 Å². The van der Waals surface area contributed by atoms with Crippen molar-refractivity contribution in [2.75, 3.05) is 13.1 Å². The van der Waals surface area contributed by atoms with Crippen LogP contribution in [0.4, 0.5) is 4.79 Å². The van der Waals surface area contributed by atoms with E-state index in [2.05, 4.69) is 22.8 Å². The Hall–Kier alpha value is -2.04. The fraction of sp³-hybridized carbons (Fsp3) is 0.556. The van der Waals surface area contributed by atoms with Gasteiger partial charge in [-0.05, 0) is 29.7 Å². The van der Waals surface area contributed by atoms with Gasteiger partial charge in [0, 0.05) is 13.1 Å². The Kier molecular flexibility index (Phi) is 7.59. The molecule has 0 aliphatic rings. The van der Waals surface area contributed by atoms with Gasteiger partial charge >= 0.3 is 12.0 Å². The third kappa shape index (κ3) is 8.24. The molecule has 5 nitrogen and oxygen atoms in total. The fourth-order valence-corrected chi connectivity index (χ4v) is 2.31. The molecule has 2 amide bonds. The second kappa shape index (κ2) is 9.18. The van der Waals surface area contributed by atoms with Crippen molar-refractivity contribution in [2.24, 2.45) is 11.3 Å². The summed E-state index contributed by atoms with van der Waals surface area (Å²) >= 11 is 0. The Morgan fingerprint density at radius 2 is 1.78 bits per heavy atom. The molecule has 0 saturated heterocycles. The number of benzene rings is 1. The lowest BCUT2D eigenvalue weighted by molar-refractivity contribution is -0.139. The average molecular weight is 320 g/mol. The molecule has 3 N–H and O–H groups in total. The van der Waals surface area contributed by atoms with Gasteiger partial charge in [-0.15, -0.1) is 0 Å². The standard InChI is InChI=1S/C18H28N2O3/c1-18(2,3)15(12-16(21)22)13-20-17(23)19-11-7-10-14-8-5-4-6-9-14/h4-6,8-9,15H,7,10-13H2,1-3H3,(H,21,22)(H2,19,20,23). The monoisotopic (exact) mass is 320 g/mol. The summed E-state index contributed by atoms with van der Waals surface area (Å²) in [6, 6.07) is 9.89. The summed E-state index contributed by atoms with van der Waals surface area (Å²) in [7, 11) is 0. The molecular formula is C18H28N2O3. The molecule has 0 aliphatic heterocycles. The molecule has 0 aliphatic carbocycles. The van der Waals surface area contributed by atoms with Gasteiger partial charge in [-0.2, -0.15) is 0 Å². The van der Waals surface area contributed by atoms with Gasteiger partial charge in [0.2, 0.25) is 0 Å². The second-order valence-electron chi connectivity index (χ2n) is 6.89. The third-order valence-corrected chi connectivity index (χ3v) is 3.93. The van der Waals surface area contributed by atoms with E-state index in [-0.39, 0.29) is 23.8 Å². The second-order valence-corrected chi connectivity index (χ2v) is 6.89. The molecule has 1 rings (SSSR count). The Bertz CT molecular complexity index is 495. The Labute approximate surface area is 138 Å². The van der Waals surface area contributed by atoms with Crippen molar-refractivity contribution in [3.63, 3.8) is 0 Å². The highest BCUT2D eigenvalue weighted by Crippen LogP contribution is 2.28. The van der Waals surface area contributed by atoms with Crippen molar-refractivity contribution >= 4 is 12.0 Å². The van der Waals surface area contributed by atoms with Crippen LogP contribution >= 0.6 is 0 Å². The van der Waals surface area contributed by atoms with E-state index in [1.807, 2.05) is 39.0 Å². The minimum absolute atomic E-state index is 0.0534. The van der Waals surface area contributed by atoms with Crippen LogP contribution in [0.15, 0.2) is 30.3 Å². The van der Waals surface area contributed by atoms with Crippen LogP contribution < -0.4 is 10.6 Å². The molecular weight excluding hydrogens is 292 g/mol. The molecule has 128 valence electrons. The Morgan fingerprint density at radius 3 is 2.35 bits per heavy atom. The maximum Gasteiger partial charge on any atom is 0.314 e. The first kappa shape index (κ1) is 19.0. The number of rotatable bonds is 8. The quantitative estimate of drug-likeness (QED) is 0.644. The van der Waals surface area contributed by atoms with Crippen LogP contribution in [0.5, 0.6) is 0 Å². The molecule has 1 aromatic rings. The Balaban J connectivity index is 2.26. The molecule has 1 atom stereocenters. The van der Waals surface area contributed by atoms with E-state index in [1.165, 1.54) is 5.56 Å². The van der Waals surface area contributed by atoms with Crippen LogP contribution in [0.3, 0.4) is 0 Å². The maximum atomic E-state index is 11.8. The van der Waals surface area contributed by atoms with Crippen molar-refractivity contribution < 1.29 is 14.7 Å². The zero-order valence-electron chi connectivity index (χ0n) is 14.3. The molecule has 23 heavy (non-hydrogen) atoms. The van der Waals surface area contributed by atoms with E-state index < -0.39 is 5.97 Å². The summed E-state index contributed by atoms with van der Waals surface area (Å²) in [4.78, 5) is 22.7. The average Bonchev–Trinajstić information content (AvgIpc) is 2.47. The van der Waals surface area contributed by atoms with Crippen molar-refractivity contribution in [2.45, 2.75) is 40.0 Å². The summed E-state index contributed by atoms with van der Waals surface area (Å²) in [5, 5.41) is 14.6. The zero-order chi connectivity index (χ0) is 17.3. The predicted molar refractivity (Wildman–Crippen MR) is 91.4 cm³/mol. The minimum Gasteiger partial charge on any atom is -0.481 e. The topological polar surface area (TPSA) is 78.4 Å². The van der Waals surface area contributed by atoms with Gasteiger partial charge in [0.15, 0.2) is 0 Å². The van der Waals surface area contributed by atoms with Crippen LogP contribution in [0.1, 0.15) is 39.2 Å². The highest BCUT2D eigenvalue weighted by Gasteiger charge is 2.27. The number of hydrogen-bond acceptors (Lipinski definition) is 2. The van der Waals surface area contributed by atoms with Gasteiger partial charge in [0.05, 0.1) is 6.42 Å². The van der Waals surface area contributed by atoms with Gasteiger partial charge in [0.25, 0.3) is 0 Å². The molecule has 0 saturated carbocycles. The summed E-state index contributed by atoms with van der Waals surface area (Å²) in [6.07, 6.45) is 1.85. The van der Waals surface area contributed by atoms with Crippen LogP contribution in [0.2, 0.25) is 0 Å². The highest BCUT2D eigenvalue weighted by atomic mass is 16.4. The Morgan fingerprint density at radius 1 is 1.13 bits per heavy atom. The number of hydrogen-bond donors (Lipinski definition) is 3. The smallest absolute Gasteiger partial charge is 0.314 e. The molecule has 0 spiro atoms. The summed E-state index contributed by atoms with van der Waals surface area (Å²) in [5.41, 5.74) is 1.09. The fourth-order valence-electron chi connectivity index (χ4n) is 2.31. The van der Waals surface area contributed by atoms with E-state index in [9.17, 15) is 9.59 Å². The lowest BCUT2D eigenvalue weighted by atomic mass is 9.79. The number of aryl methyl sites for hydroxylation is 1. The molecule has 0 fully saturated rings. The van der Waals surface area contributed by atoms with Crippen molar-refractivity contribution in [1.29, 1.82) is 0 Å². The lowest BCUT2D eigenvalue weighted by Gasteiger charge is -2.29. The highest BCUT2D eigenvalue weighted by molar-refractivity contribution is 5.74. The van der Waals surface area contributed by atoms with Gasteiger partial charge < -0.3 is 15.7 Å². The lowest BCUT2D eigenvalue weighted by Crippen LogP contribution is -2.42. The summed E-state index contributed by atoms with van der Waals surface area (Å²) in [6.45, 7) is 6.92. The number of amides is 2. The van der Waals surface area contributed by atoms with Crippen LogP contribution in [-0.2, 0) is 11.2 Å². The van der Waals surface area contributed by atoms with Crippen molar-refractivity contribution in [1.82, 2.24) is 10.6 Å². The van der Waals surface area contributed by atoms with E-state index >= 15 is 0 Å². The molecule has 0 bridgehead atoms. The molecule has 0 aromatic heterocycles. The maximum absolute atomic E-state index is 11.8. The number of nitrogens with one attached hydrogen (secondary N) is 2. The largest absolute Gasteiger partial charge is 0.481 e. The molecule has 0 heterocycles. The molecule has 1 aromatic carbocycles. The number of carbonyl (C=O) groups excluding carboxylic acids is 1. The van der Waals surface area contributed by atoms with Gasteiger partial charge in [-0.1, -0.05) is 51.1 Å². The predicted octanol–water partition coefficient (Wildman–Crippen LogP) is 3.06. The van der Waals surface area contributed by atoms with E-state index in [0.29, 0.717) is 13.1 Å². The van der Waals surface area contributed by atoms with E-state index in [0.717, 1.165) is 12.8 Å². The first-order valence-corrected chi connectivity index (χ1v) is 8.06. The van der Waals surface area contributed by atoms with E-state index in [1.54, 1.807) is 0 Å². The minimum atomic E-state index is -0.838. The number of carboxylic acids is 1. The van der Waals surface area contributed by atoms with Crippen molar-refractivity contribution in [3.05, 3.63) is 35.9 Å². The number of aliphatic carboxylic acids is 1. The van der Waals surface area contributed by atoms with E-state index in [4.69, 9.17) is 5.11 Å². The zero-order valence-corrected chi connectivity index (χ0v) is 14.3. The molecule has 1 unspecified atom stereocenters. The summed E-state index contributed by atoms with van der Waals surface area (Å²) in [5.74, 6) is -0.940. The third-order valence-electron chi connectivity index (χ3n) is 3.93. The van der Waals surface area contributed by atoms with Crippen molar-refractivity contribution in [3.8, 4) is 0 Å². The number of carboxylic acid groups (broad SMARTS) is 1. The van der Waals surface area contributed by atoms with Gasteiger partial charge in [-0.3, -0.25) is 4.79 Å². The van der Waals surface area contributed by atoms with Crippen LogP contribution in [0, 0.1) is 11.3 Å². The number of carbonyl (C=O) groups is 2. The number of urea groups is 1. The molecule has 0 radical (unpaired) electrons. The summed E-state index contributed by atoms with van der Waals surface area (Å²) < 4.78 is 0. The SMILES string of the molecule is CC(C)(C)C(CNC(=O)NCCCc1ccccc1)CC(=O)O. The first-order chi connectivity index (χ1) is 10.8. The first-order valence-electron chi connectivity index (χ1n) is 8.06.